The second kappa shape index (κ2) is 23.9. The maximum absolute atomic E-state index is 15.7. The number of β-lactam (4-membered cyclic amide) rings is 1. The third-order valence-electron chi connectivity index (χ3n) is 15.1. The molecule has 0 radical (unpaired) electrons. The standard InChI is InChI=1S/C70H52N6O4S4/c77-63(73-60-65(78)76-61(55(45-82-66(60)76)64-71-56-43-25-26-44-58(56)84-64)67(81)79-62(47-27-9-1-10-28-47)48-29-11-2-12-30-48)59(75-80-70(52-37-19-6-20-38-52,53-39-21-7-22-40-53)54-41-23-8-24-42-54)57-46-83-68(72-57)74-69(49-31-13-3-14-32-49,50-33-15-4-16-34-50)51-35-17-5-18-36-51/h1-44,46,60,62,66H,45H2,(H,72,74)(H,73,77)/b75-59-/t60?,66-/m1/s1. The Morgan fingerprint density at radius 3 is 1.54 bits per heavy atom. The summed E-state index contributed by atoms with van der Waals surface area (Å²) in [7, 11) is 0. The molecule has 2 aliphatic rings. The van der Waals surface area contributed by atoms with E-state index in [1.807, 2.05) is 231 Å². The number of thioether (sulfide) groups is 1. The van der Waals surface area contributed by atoms with Crippen molar-refractivity contribution >= 4 is 90.2 Å². The fourth-order valence-electron chi connectivity index (χ4n) is 11.1. The lowest BCUT2D eigenvalue weighted by Gasteiger charge is -2.50. The third-order valence-corrected chi connectivity index (χ3v) is 18.5. The first-order chi connectivity index (χ1) is 41.4. The van der Waals surface area contributed by atoms with Gasteiger partial charge in [-0.15, -0.1) is 34.4 Å². The van der Waals surface area contributed by atoms with E-state index in [-0.39, 0.29) is 22.4 Å². The van der Waals surface area contributed by atoms with Gasteiger partial charge in [0.05, 0.1) is 10.2 Å². The van der Waals surface area contributed by atoms with Gasteiger partial charge in [-0.2, -0.15) is 0 Å². The Kier molecular flexibility index (Phi) is 15.3. The first kappa shape index (κ1) is 54.0. The highest BCUT2D eigenvalue weighted by Gasteiger charge is 2.55. The van der Waals surface area contributed by atoms with Gasteiger partial charge in [-0.05, 0) is 52.2 Å². The van der Waals surface area contributed by atoms with E-state index in [0.29, 0.717) is 16.6 Å². The average molecular weight is 1170 g/mol. The molecule has 4 heterocycles. The van der Waals surface area contributed by atoms with Crippen LogP contribution in [0.5, 0.6) is 0 Å². The molecule has 2 N–H and O–H groups in total. The van der Waals surface area contributed by atoms with Gasteiger partial charge in [0.2, 0.25) is 10.7 Å². The Bertz CT molecular complexity index is 3910. The summed E-state index contributed by atoms with van der Waals surface area (Å²) in [6, 6.07) is 87.0. The van der Waals surface area contributed by atoms with Gasteiger partial charge in [-0.25, -0.2) is 9.97 Å². The lowest BCUT2D eigenvalue weighted by atomic mass is 9.77. The molecule has 84 heavy (non-hydrogen) atoms. The quantitative estimate of drug-likeness (QED) is 0.0285. The number of para-hydroxylation sites is 1. The summed E-state index contributed by atoms with van der Waals surface area (Å²) in [6.07, 6.45) is -0.590. The van der Waals surface area contributed by atoms with Gasteiger partial charge in [0.15, 0.2) is 10.8 Å². The maximum atomic E-state index is 15.7. The summed E-state index contributed by atoms with van der Waals surface area (Å²) in [4.78, 5) is 50.0. The van der Waals surface area contributed by atoms with Gasteiger partial charge in [0.25, 0.3) is 11.8 Å². The number of amides is 2. The molecule has 14 heteroatoms. The van der Waals surface area contributed by atoms with Crippen molar-refractivity contribution in [3.8, 4) is 0 Å². The second-order valence-electron chi connectivity index (χ2n) is 20.1. The van der Waals surface area contributed by atoms with Crippen molar-refractivity contribution in [3.63, 3.8) is 0 Å². The van der Waals surface area contributed by atoms with Crippen LogP contribution in [-0.2, 0) is 30.3 Å². The zero-order chi connectivity index (χ0) is 56.9. The molecule has 0 aliphatic carbocycles. The predicted molar refractivity (Wildman–Crippen MR) is 342 cm³/mol. The number of rotatable bonds is 18. The molecule has 9 aromatic carbocycles. The minimum atomic E-state index is -1.36. The first-order valence-electron chi connectivity index (χ1n) is 27.4. The summed E-state index contributed by atoms with van der Waals surface area (Å²) in [6.45, 7) is 0. The van der Waals surface area contributed by atoms with Gasteiger partial charge in [-0.3, -0.25) is 14.5 Å². The lowest BCUT2D eigenvalue weighted by Crippen LogP contribution is -2.71. The Morgan fingerprint density at radius 1 is 0.595 bits per heavy atom. The number of benzene rings is 9. The van der Waals surface area contributed by atoms with Crippen LogP contribution in [0.3, 0.4) is 0 Å². The molecule has 2 aliphatic heterocycles. The Hall–Kier alpha value is -9.31. The van der Waals surface area contributed by atoms with Gasteiger partial charge in [-0.1, -0.05) is 260 Å². The van der Waals surface area contributed by atoms with Crippen molar-refractivity contribution in [2.75, 3.05) is 11.1 Å². The number of aromatic nitrogens is 2. The van der Waals surface area contributed by atoms with Crippen LogP contribution in [0.15, 0.2) is 283 Å². The van der Waals surface area contributed by atoms with Crippen molar-refractivity contribution in [1.29, 1.82) is 0 Å². The largest absolute Gasteiger partial charge is 0.469 e. The molecule has 410 valence electrons. The number of anilines is 1. The summed E-state index contributed by atoms with van der Waals surface area (Å²) < 4.78 is 7.91. The molecule has 0 spiro atoms. The first-order valence-corrected chi connectivity index (χ1v) is 30.5. The number of fused-ring (bicyclic) bond motifs is 2. The molecule has 1 saturated heterocycles. The number of carbonyl (C=O) groups excluding carboxylic acids is 2. The third kappa shape index (κ3) is 10.3. The normalized spacial score (nSPS) is 15.3. The highest BCUT2D eigenvalue weighted by molar-refractivity contribution is 8.00. The van der Waals surface area contributed by atoms with Crippen molar-refractivity contribution in [3.05, 3.63) is 333 Å². The molecular formula is C70H52N6O4S4. The number of thiazole rings is 2. The van der Waals surface area contributed by atoms with E-state index >= 15 is 9.59 Å². The van der Waals surface area contributed by atoms with Gasteiger partial charge in [0, 0.05) is 33.4 Å². The summed E-state index contributed by atoms with van der Waals surface area (Å²) in [5.41, 5.74) is 6.91. The molecule has 2 atom stereocenters. The molecule has 13 rings (SSSR count). The van der Waals surface area contributed by atoms with Crippen LogP contribution in [0.2, 0.25) is 0 Å². The highest BCUT2D eigenvalue weighted by Crippen LogP contribution is 2.47. The molecule has 0 bridgehead atoms. The van der Waals surface area contributed by atoms with E-state index in [4.69, 9.17) is 36.9 Å². The molecular weight excluding hydrogens is 1120 g/mol. The van der Waals surface area contributed by atoms with E-state index in [2.05, 4.69) is 47.0 Å². The molecule has 2 amide bonds. The number of hydrogen-bond acceptors (Lipinski definition) is 12. The van der Waals surface area contributed by atoms with E-state index < -0.39 is 34.6 Å². The zero-order valence-corrected chi connectivity index (χ0v) is 48.2. The molecule has 10 nitrogen and oxygen atoms in total. The second-order valence-corrected chi connectivity index (χ2v) is 23.5. The SMILES string of the molecule is O=C(NC1C(=O)N2C(C(=S)OC(c3ccccc3)c3ccccc3)=C(c3nc4ccccc4s3)CS[C@H]12)/C(=N\OC(c1ccccc1)(c1ccccc1)c1ccccc1)c1csc(NC(c2ccccc2)(c2ccccc2)c2ccccc2)n1. The molecule has 1 fully saturated rings. The molecule has 11 aromatic rings. The van der Waals surface area contributed by atoms with Crippen LogP contribution in [0.4, 0.5) is 5.13 Å². The van der Waals surface area contributed by atoms with Crippen LogP contribution < -0.4 is 10.6 Å². The van der Waals surface area contributed by atoms with Crippen molar-refractivity contribution in [1.82, 2.24) is 20.2 Å². The number of thiocarbonyl (C=S) groups is 1. The van der Waals surface area contributed by atoms with Crippen LogP contribution in [-0.4, -0.2) is 54.6 Å². The highest BCUT2D eigenvalue weighted by atomic mass is 32.2. The van der Waals surface area contributed by atoms with Crippen LogP contribution in [0, 0.1) is 0 Å². The maximum Gasteiger partial charge on any atom is 0.276 e. The summed E-state index contributed by atoms with van der Waals surface area (Å²) in [5.74, 6) is -0.614. The van der Waals surface area contributed by atoms with Gasteiger partial charge in [0.1, 0.15) is 39.5 Å². The lowest BCUT2D eigenvalue weighted by molar-refractivity contribution is -0.144. The number of hydrogen-bond donors (Lipinski definition) is 2. The van der Waals surface area contributed by atoms with Gasteiger partial charge >= 0.3 is 0 Å². The minimum Gasteiger partial charge on any atom is -0.469 e. The molecule has 1 unspecified atom stereocenters. The topological polar surface area (TPSA) is 118 Å². The Morgan fingerprint density at radius 2 is 1.05 bits per heavy atom. The molecule has 2 aromatic heterocycles. The minimum absolute atomic E-state index is 0.137. The zero-order valence-electron chi connectivity index (χ0n) is 45.0. The van der Waals surface area contributed by atoms with Crippen molar-refractivity contribution in [2.45, 2.75) is 28.7 Å². The van der Waals surface area contributed by atoms with E-state index in [9.17, 15) is 0 Å². The van der Waals surface area contributed by atoms with E-state index in [1.165, 1.54) is 34.4 Å². The van der Waals surface area contributed by atoms with Gasteiger partial charge < -0.3 is 20.2 Å². The summed E-state index contributed by atoms with van der Waals surface area (Å²) in [5, 5.41) is 14.6. The molecule has 0 saturated carbocycles. The van der Waals surface area contributed by atoms with Crippen LogP contribution in [0.1, 0.15) is 61.3 Å². The van der Waals surface area contributed by atoms with E-state index in [0.717, 1.165) is 65.3 Å². The fraction of sp³-hybridized carbons (Fsp3) is 0.0857. The number of ether oxygens (including phenoxy) is 1. The predicted octanol–water partition coefficient (Wildman–Crippen LogP) is 14.8. The smallest absolute Gasteiger partial charge is 0.276 e. The van der Waals surface area contributed by atoms with E-state index in [1.54, 1.807) is 10.3 Å². The van der Waals surface area contributed by atoms with Crippen LogP contribution >= 0.6 is 46.7 Å². The number of nitrogens with one attached hydrogen (secondary N) is 2. The average Bonchev–Trinajstić information content (AvgIpc) is 1.69. The number of nitrogens with zero attached hydrogens (tertiary/aromatic N) is 4. The van der Waals surface area contributed by atoms with Crippen LogP contribution in [0.25, 0.3) is 15.8 Å². The number of oxime groups is 1. The Labute approximate surface area is 504 Å². The van der Waals surface area contributed by atoms with Crippen molar-refractivity contribution in [2.24, 2.45) is 5.16 Å². The Balaban J connectivity index is 0.903. The fourth-order valence-corrected chi connectivity index (χ4v) is 14.6. The number of carbonyl (C=O) groups is 2. The monoisotopic (exact) mass is 1170 g/mol. The summed E-state index contributed by atoms with van der Waals surface area (Å²) >= 11 is 10.7. The van der Waals surface area contributed by atoms with Crippen molar-refractivity contribution < 1.29 is 19.2 Å².